The quantitative estimate of drug-likeness (QED) is 0.696. The minimum absolute atomic E-state index is 0.0728. The summed E-state index contributed by atoms with van der Waals surface area (Å²) in [6.45, 7) is 0. The molecule has 1 aliphatic carbocycles. The van der Waals surface area contributed by atoms with E-state index < -0.39 is 26.3 Å². The van der Waals surface area contributed by atoms with Crippen LogP contribution in [0.5, 0.6) is 0 Å². The van der Waals surface area contributed by atoms with E-state index in [0.29, 0.717) is 31.2 Å². The van der Waals surface area contributed by atoms with Gasteiger partial charge in [-0.2, -0.15) is 13.2 Å². The van der Waals surface area contributed by atoms with Crippen molar-refractivity contribution < 1.29 is 21.6 Å². The fraction of sp³-hybridized carbons (Fsp3) is 0.368. The van der Waals surface area contributed by atoms with Gasteiger partial charge >= 0.3 is 6.18 Å². The molecular weight excluding hydrogens is 443 g/mol. The van der Waals surface area contributed by atoms with Crippen molar-refractivity contribution in [3.63, 3.8) is 0 Å². The molecule has 0 aromatic heterocycles. The number of halogens is 4. The van der Waals surface area contributed by atoms with Crippen molar-refractivity contribution in [2.75, 3.05) is 0 Å². The highest BCUT2D eigenvalue weighted by atomic mass is 79.9. The average Bonchev–Trinajstić information content (AvgIpc) is 2.62. The van der Waals surface area contributed by atoms with Crippen molar-refractivity contribution in [3.8, 4) is 0 Å². The summed E-state index contributed by atoms with van der Waals surface area (Å²) in [6, 6.07) is 10.7. The Morgan fingerprint density at radius 3 is 1.96 bits per heavy atom. The maximum Gasteiger partial charge on any atom is 0.416 e. The smallest absolute Gasteiger partial charge is 0.328 e. The molecule has 1 fully saturated rings. The Balaban J connectivity index is 2.09. The van der Waals surface area contributed by atoms with E-state index >= 15 is 0 Å². The topological polar surface area (TPSA) is 60.2 Å². The molecule has 0 heterocycles. The number of hydrogen-bond donors (Lipinski definition) is 1. The number of nitrogens with two attached hydrogens (primary N) is 1. The molecule has 0 aliphatic heterocycles. The van der Waals surface area contributed by atoms with Gasteiger partial charge in [0.15, 0.2) is 9.84 Å². The summed E-state index contributed by atoms with van der Waals surface area (Å²) in [5.41, 5.74) is 5.75. The van der Waals surface area contributed by atoms with E-state index in [9.17, 15) is 21.6 Å². The fourth-order valence-electron chi connectivity index (χ4n) is 3.62. The van der Waals surface area contributed by atoms with E-state index in [2.05, 4.69) is 15.9 Å². The van der Waals surface area contributed by atoms with E-state index in [1.54, 1.807) is 24.3 Å². The Morgan fingerprint density at radius 1 is 0.963 bits per heavy atom. The van der Waals surface area contributed by atoms with Gasteiger partial charge in [0.1, 0.15) is 4.75 Å². The second-order valence-corrected chi connectivity index (χ2v) is 10.0. The molecule has 27 heavy (non-hydrogen) atoms. The van der Waals surface area contributed by atoms with Crippen LogP contribution in [0.1, 0.15) is 36.8 Å². The van der Waals surface area contributed by atoms with Gasteiger partial charge in [-0.15, -0.1) is 0 Å². The summed E-state index contributed by atoms with van der Waals surface area (Å²) in [7, 11) is -3.91. The molecule has 8 heteroatoms. The van der Waals surface area contributed by atoms with Crippen LogP contribution in [0, 0.1) is 0 Å². The number of hydrogen-bond acceptors (Lipinski definition) is 3. The van der Waals surface area contributed by atoms with Gasteiger partial charge in [-0.3, -0.25) is 0 Å². The van der Waals surface area contributed by atoms with Crippen molar-refractivity contribution in [2.45, 2.75) is 47.5 Å². The Hall–Kier alpha value is -1.38. The lowest BCUT2D eigenvalue weighted by Gasteiger charge is -2.39. The number of alkyl halides is 3. The Kier molecular flexibility index (Phi) is 5.44. The Morgan fingerprint density at radius 2 is 1.48 bits per heavy atom. The zero-order valence-corrected chi connectivity index (χ0v) is 16.7. The van der Waals surface area contributed by atoms with Crippen LogP contribution in [0.15, 0.2) is 57.9 Å². The normalized spacial score (nSPS) is 24.0. The third kappa shape index (κ3) is 3.79. The second kappa shape index (κ2) is 7.22. The number of sulfone groups is 1. The van der Waals surface area contributed by atoms with Crippen LogP contribution in [0.3, 0.4) is 0 Å². The zero-order valence-electron chi connectivity index (χ0n) is 14.3. The van der Waals surface area contributed by atoms with Crippen molar-refractivity contribution in [1.82, 2.24) is 0 Å². The number of rotatable bonds is 3. The van der Waals surface area contributed by atoms with E-state index in [-0.39, 0.29) is 10.9 Å². The predicted octanol–water partition coefficient (Wildman–Crippen LogP) is 5.04. The zero-order chi connectivity index (χ0) is 19.9. The first-order valence-electron chi connectivity index (χ1n) is 8.50. The molecule has 2 aromatic carbocycles. The lowest BCUT2D eigenvalue weighted by Crippen LogP contribution is -2.42. The molecule has 146 valence electrons. The van der Waals surface area contributed by atoms with Gasteiger partial charge in [-0.1, -0.05) is 28.1 Å². The standard InChI is InChI=1S/C19H19BrF3NO2S/c20-15-5-1-13(2-6-15)18(11-9-16(24)10-12-18)27(25,26)17-7-3-14(4-8-17)19(21,22)23/h1-8,16H,9-12,24H2. The van der Waals surface area contributed by atoms with Gasteiger partial charge in [-0.05, 0) is 67.6 Å². The van der Waals surface area contributed by atoms with Gasteiger partial charge in [0.05, 0.1) is 10.5 Å². The fourth-order valence-corrected chi connectivity index (χ4v) is 6.05. The second-order valence-electron chi connectivity index (χ2n) is 6.86. The van der Waals surface area contributed by atoms with Gasteiger partial charge in [-0.25, -0.2) is 8.42 Å². The van der Waals surface area contributed by atoms with Crippen molar-refractivity contribution in [1.29, 1.82) is 0 Å². The number of benzene rings is 2. The van der Waals surface area contributed by atoms with Crippen LogP contribution in [0.4, 0.5) is 13.2 Å². The third-order valence-corrected chi connectivity index (χ3v) is 8.31. The molecule has 0 bridgehead atoms. The van der Waals surface area contributed by atoms with E-state index in [0.717, 1.165) is 28.7 Å². The third-order valence-electron chi connectivity index (χ3n) is 5.21. The van der Waals surface area contributed by atoms with Gasteiger partial charge in [0.2, 0.25) is 0 Å². The SMILES string of the molecule is NC1CCC(c2ccc(Br)cc2)(S(=O)(=O)c2ccc(C(F)(F)F)cc2)CC1. The molecule has 3 nitrogen and oxygen atoms in total. The van der Waals surface area contributed by atoms with E-state index in [4.69, 9.17) is 5.73 Å². The Labute approximate surface area is 164 Å². The summed E-state index contributed by atoms with van der Waals surface area (Å²) >= 11 is 3.34. The highest BCUT2D eigenvalue weighted by molar-refractivity contribution is 9.10. The first-order valence-corrected chi connectivity index (χ1v) is 10.8. The molecule has 2 N–H and O–H groups in total. The van der Waals surface area contributed by atoms with Crippen LogP contribution >= 0.6 is 15.9 Å². The molecular formula is C19H19BrF3NO2S. The molecule has 0 unspecified atom stereocenters. The Bertz CT molecular complexity index is 901. The monoisotopic (exact) mass is 461 g/mol. The summed E-state index contributed by atoms with van der Waals surface area (Å²) in [6.07, 6.45) is -2.77. The maximum atomic E-state index is 13.5. The van der Waals surface area contributed by atoms with Crippen molar-refractivity contribution in [3.05, 3.63) is 64.1 Å². The molecule has 0 saturated heterocycles. The van der Waals surface area contributed by atoms with Crippen LogP contribution in [0.2, 0.25) is 0 Å². The van der Waals surface area contributed by atoms with Gasteiger partial charge < -0.3 is 5.73 Å². The van der Waals surface area contributed by atoms with Crippen molar-refractivity contribution in [2.24, 2.45) is 5.73 Å². The highest BCUT2D eigenvalue weighted by Gasteiger charge is 2.48. The minimum Gasteiger partial charge on any atom is -0.328 e. The lowest BCUT2D eigenvalue weighted by atomic mass is 9.81. The summed E-state index contributed by atoms with van der Waals surface area (Å²) in [5, 5.41) is 0. The van der Waals surface area contributed by atoms with Crippen LogP contribution in [0.25, 0.3) is 0 Å². The molecule has 0 amide bonds. The summed E-state index contributed by atoms with van der Waals surface area (Å²) in [5.74, 6) is 0. The first kappa shape index (κ1) is 20.4. The maximum absolute atomic E-state index is 13.5. The average molecular weight is 462 g/mol. The van der Waals surface area contributed by atoms with Crippen LogP contribution in [-0.4, -0.2) is 14.5 Å². The summed E-state index contributed by atoms with van der Waals surface area (Å²) < 4.78 is 65.2. The van der Waals surface area contributed by atoms with E-state index in [1.807, 2.05) is 0 Å². The summed E-state index contributed by atoms with van der Waals surface area (Å²) in [4.78, 5) is -0.103. The van der Waals surface area contributed by atoms with Crippen LogP contribution < -0.4 is 5.73 Å². The van der Waals surface area contributed by atoms with Crippen LogP contribution in [-0.2, 0) is 20.8 Å². The predicted molar refractivity (Wildman–Crippen MR) is 101 cm³/mol. The lowest BCUT2D eigenvalue weighted by molar-refractivity contribution is -0.137. The molecule has 0 radical (unpaired) electrons. The van der Waals surface area contributed by atoms with Crippen molar-refractivity contribution >= 4 is 25.8 Å². The van der Waals surface area contributed by atoms with Gasteiger partial charge in [0.25, 0.3) is 0 Å². The molecule has 0 atom stereocenters. The highest BCUT2D eigenvalue weighted by Crippen LogP contribution is 2.47. The van der Waals surface area contributed by atoms with E-state index in [1.165, 1.54) is 0 Å². The molecule has 2 aromatic rings. The molecule has 1 saturated carbocycles. The molecule has 1 aliphatic rings. The van der Waals surface area contributed by atoms with Gasteiger partial charge in [0, 0.05) is 10.5 Å². The molecule has 3 rings (SSSR count). The molecule has 0 spiro atoms. The largest absolute Gasteiger partial charge is 0.416 e. The first-order chi connectivity index (χ1) is 12.6. The minimum atomic E-state index is -4.51.